The molecule has 0 bridgehead atoms. The Labute approximate surface area is 159 Å². The number of ether oxygens (including phenoxy) is 1. The van der Waals surface area contributed by atoms with Crippen molar-refractivity contribution in [2.45, 2.75) is 19.9 Å². The van der Waals surface area contributed by atoms with Crippen LogP contribution in [0.25, 0.3) is 10.8 Å². The molecule has 0 aliphatic carbocycles. The average molecular weight is 366 g/mol. The topological polar surface area (TPSA) is 76.4 Å². The summed E-state index contributed by atoms with van der Waals surface area (Å²) in [5.74, 6) is 2.64. The monoisotopic (exact) mass is 366 g/mol. The van der Waals surface area contributed by atoms with Crippen molar-refractivity contribution in [1.29, 1.82) is 0 Å². The van der Waals surface area contributed by atoms with Crippen LogP contribution in [0.5, 0.6) is 5.75 Å². The predicted molar refractivity (Wildman–Crippen MR) is 108 cm³/mol. The van der Waals surface area contributed by atoms with Crippen LogP contribution >= 0.6 is 0 Å². The molecule has 3 rings (SSSR count). The van der Waals surface area contributed by atoms with E-state index < -0.39 is 0 Å². The molecule has 0 fully saturated rings. The summed E-state index contributed by atoms with van der Waals surface area (Å²) in [6.45, 7) is 4.83. The minimum absolute atomic E-state index is 0.556. The third-order valence-corrected chi connectivity index (χ3v) is 4.28. The summed E-state index contributed by atoms with van der Waals surface area (Å²) < 4.78 is 7.99. The van der Waals surface area contributed by atoms with Crippen molar-refractivity contribution in [3.05, 3.63) is 54.6 Å². The van der Waals surface area contributed by atoms with Crippen LogP contribution in [0.1, 0.15) is 12.7 Å². The molecule has 0 unspecified atom stereocenters. The van der Waals surface area contributed by atoms with Gasteiger partial charge in [0, 0.05) is 31.9 Å². The summed E-state index contributed by atoms with van der Waals surface area (Å²) in [5.41, 5.74) is 0. The third kappa shape index (κ3) is 4.97. The van der Waals surface area contributed by atoms with E-state index in [1.807, 2.05) is 28.8 Å². The second-order valence-corrected chi connectivity index (χ2v) is 6.05. The van der Waals surface area contributed by atoms with Crippen molar-refractivity contribution in [3.63, 3.8) is 0 Å². The summed E-state index contributed by atoms with van der Waals surface area (Å²) in [5, 5.41) is 16.9. The van der Waals surface area contributed by atoms with E-state index in [4.69, 9.17) is 4.74 Å². The van der Waals surface area contributed by atoms with Crippen molar-refractivity contribution in [1.82, 2.24) is 25.4 Å². The maximum absolute atomic E-state index is 5.94. The van der Waals surface area contributed by atoms with Gasteiger partial charge in [-0.2, -0.15) is 0 Å². The number of hydrogen-bond donors (Lipinski definition) is 2. The number of nitrogens with zero attached hydrogens (tertiary/aromatic N) is 4. The molecule has 7 nitrogen and oxygen atoms in total. The van der Waals surface area contributed by atoms with Crippen LogP contribution < -0.4 is 15.4 Å². The molecule has 0 aliphatic rings. The first-order chi connectivity index (χ1) is 13.3. The quantitative estimate of drug-likeness (QED) is 0.363. The summed E-state index contributed by atoms with van der Waals surface area (Å²) in [7, 11) is 1.76. The van der Waals surface area contributed by atoms with Crippen LogP contribution in [-0.4, -0.2) is 47.5 Å². The van der Waals surface area contributed by atoms with Gasteiger partial charge in [0.05, 0.1) is 6.54 Å². The fourth-order valence-electron chi connectivity index (χ4n) is 2.91. The zero-order valence-electron chi connectivity index (χ0n) is 15.9. The Hall–Kier alpha value is -3.09. The molecule has 0 spiro atoms. The largest absolute Gasteiger partial charge is 0.491 e. The Kier molecular flexibility index (Phi) is 6.62. The average Bonchev–Trinajstić information content (AvgIpc) is 3.17. The molecule has 3 aromatic rings. The molecule has 7 heteroatoms. The standard InChI is InChI=1S/C20H26N6O/c1-3-19-25-24-15-26(19)13-11-22-20(21-2)23-12-14-27-18-10-6-8-16-7-4-5-9-17(16)18/h4-10,15H,3,11-14H2,1-2H3,(H2,21,22,23). The lowest BCUT2D eigenvalue weighted by molar-refractivity contribution is 0.325. The minimum Gasteiger partial charge on any atom is -0.491 e. The highest BCUT2D eigenvalue weighted by atomic mass is 16.5. The normalized spacial score (nSPS) is 11.6. The number of rotatable bonds is 8. The summed E-state index contributed by atoms with van der Waals surface area (Å²) in [6, 6.07) is 14.3. The van der Waals surface area contributed by atoms with E-state index in [-0.39, 0.29) is 0 Å². The molecule has 2 aromatic carbocycles. The molecule has 0 radical (unpaired) electrons. The molecule has 2 N–H and O–H groups in total. The van der Waals surface area contributed by atoms with Crippen molar-refractivity contribution in [2.24, 2.45) is 4.99 Å². The van der Waals surface area contributed by atoms with Gasteiger partial charge in [-0.3, -0.25) is 4.99 Å². The molecular formula is C20H26N6O. The van der Waals surface area contributed by atoms with Crippen molar-refractivity contribution in [3.8, 4) is 5.75 Å². The minimum atomic E-state index is 0.556. The molecule has 27 heavy (non-hydrogen) atoms. The third-order valence-electron chi connectivity index (χ3n) is 4.28. The van der Waals surface area contributed by atoms with Gasteiger partial charge in [-0.05, 0) is 11.5 Å². The molecular weight excluding hydrogens is 340 g/mol. The Morgan fingerprint density at radius 3 is 2.78 bits per heavy atom. The van der Waals surface area contributed by atoms with Gasteiger partial charge in [0.25, 0.3) is 0 Å². The van der Waals surface area contributed by atoms with Gasteiger partial charge in [-0.15, -0.1) is 10.2 Å². The molecule has 0 atom stereocenters. The molecule has 0 aliphatic heterocycles. The molecule has 142 valence electrons. The van der Waals surface area contributed by atoms with E-state index in [2.05, 4.69) is 50.9 Å². The molecule has 1 aromatic heterocycles. The number of aromatic nitrogens is 3. The van der Waals surface area contributed by atoms with Crippen LogP contribution in [0.15, 0.2) is 53.8 Å². The van der Waals surface area contributed by atoms with Crippen molar-refractivity contribution >= 4 is 16.7 Å². The highest BCUT2D eigenvalue weighted by Gasteiger charge is 2.03. The van der Waals surface area contributed by atoms with Gasteiger partial charge in [0.15, 0.2) is 5.96 Å². The van der Waals surface area contributed by atoms with E-state index in [0.29, 0.717) is 13.2 Å². The van der Waals surface area contributed by atoms with Crippen LogP contribution in [0.3, 0.4) is 0 Å². The lowest BCUT2D eigenvalue weighted by Crippen LogP contribution is -2.40. The van der Waals surface area contributed by atoms with Crippen LogP contribution in [-0.2, 0) is 13.0 Å². The smallest absolute Gasteiger partial charge is 0.191 e. The number of nitrogens with one attached hydrogen (secondary N) is 2. The van der Waals surface area contributed by atoms with Gasteiger partial charge in [-0.25, -0.2) is 0 Å². The van der Waals surface area contributed by atoms with E-state index in [9.17, 15) is 0 Å². The van der Waals surface area contributed by atoms with Crippen LogP contribution in [0.4, 0.5) is 0 Å². The van der Waals surface area contributed by atoms with Gasteiger partial charge >= 0.3 is 0 Å². The molecule has 1 heterocycles. The van der Waals surface area contributed by atoms with E-state index in [1.165, 1.54) is 5.39 Å². The van der Waals surface area contributed by atoms with Crippen molar-refractivity contribution < 1.29 is 4.74 Å². The number of aryl methyl sites for hydroxylation is 1. The first-order valence-electron chi connectivity index (χ1n) is 9.23. The maximum atomic E-state index is 5.94. The zero-order valence-corrected chi connectivity index (χ0v) is 15.9. The van der Waals surface area contributed by atoms with Crippen LogP contribution in [0, 0.1) is 0 Å². The number of aliphatic imine (C=N–C) groups is 1. The number of guanidine groups is 1. The maximum Gasteiger partial charge on any atom is 0.191 e. The first-order valence-corrected chi connectivity index (χ1v) is 9.23. The Bertz CT molecular complexity index is 884. The first kappa shape index (κ1) is 18.7. The second-order valence-electron chi connectivity index (χ2n) is 6.05. The van der Waals surface area contributed by atoms with E-state index in [1.54, 1.807) is 13.4 Å². The molecule has 0 saturated carbocycles. The van der Waals surface area contributed by atoms with E-state index in [0.717, 1.165) is 42.4 Å². The van der Waals surface area contributed by atoms with Gasteiger partial charge in [0.1, 0.15) is 24.5 Å². The SMILES string of the molecule is CCc1nncn1CCNC(=NC)NCCOc1cccc2ccccc12. The Morgan fingerprint density at radius 2 is 1.93 bits per heavy atom. The second kappa shape index (κ2) is 9.56. The van der Waals surface area contributed by atoms with E-state index >= 15 is 0 Å². The lowest BCUT2D eigenvalue weighted by atomic mass is 10.1. The molecule has 0 amide bonds. The highest BCUT2D eigenvalue weighted by molar-refractivity contribution is 5.88. The number of benzene rings is 2. The predicted octanol–water partition coefficient (Wildman–Crippen LogP) is 2.24. The van der Waals surface area contributed by atoms with Gasteiger partial charge in [0.2, 0.25) is 0 Å². The Morgan fingerprint density at radius 1 is 1.11 bits per heavy atom. The number of hydrogen-bond acceptors (Lipinski definition) is 4. The Balaban J connectivity index is 1.42. The van der Waals surface area contributed by atoms with Gasteiger partial charge in [-0.1, -0.05) is 43.3 Å². The summed E-state index contributed by atoms with van der Waals surface area (Å²) in [6.07, 6.45) is 2.63. The fourth-order valence-corrected chi connectivity index (χ4v) is 2.91. The van der Waals surface area contributed by atoms with Crippen molar-refractivity contribution in [2.75, 3.05) is 26.7 Å². The zero-order chi connectivity index (χ0) is 18.9. The van der Waals surface area contributed by atoms with Gasteiger partial charge < -0.3 is 19.9 Å². The highest BCUT2D eigenvalue weighted by Crippen LogP contribution is 2.24. The molecule has 0 saturated heterocycles. The summed E-state index contributed by atoms with van der Waals surface area (Å²) in [4.78, 5) is 4.24. The lowest BCUT2D eigenvalue weighted by Gasteiger charge is -2.14. The number of fused-ring (bicyclic) bond motifs is 1. The van der Waals surface area contributed by atoms with Crippen LogP contribution in [0.2, 0.25) is 0 Å². The summed E-state index contributed by atoms with van der Waals surface area (Å²) >= 11 is 0. The fraction of sp³-hybridized carbons (Fsp3) is 0.350.